The summed E-state index contributed by atoms with van der Waals surface area (Å²) in [5.74, 6) is 0.595. The van der Waals surface area contributed by atoms with Crippen molar-refractivity contribution in [2.24, 2.45) is 0 Å². The molecule has 1 saturated carbocycles. The van der Waals surface area contributed by atoms with Crippen molar-refractivity contribution in [1.29, 1.82) is 5.26 Å². The zero-order valence-electron chi connectivity index (χ0n) is 17.2. The van der Waals surface area contributed by atoms with E-state index in [1.165, 1.54) is 11.3 Å². The fourth-order valence-electron chi connectivity index (χ4n) is 3.95. The predicted molar refractivity (Wildman–Crippen MR) is 122 cm³/mol. The first-order valence-electron chi connectivity index (χ1n) is 10.4. The van der Waals surface area contributed by atoms with Gasteiger partial charge in [0.2, 0.25) is 0 Å². The highest BCUT2D eigenvalue weighted by Gasteiger charge is 2.34. The number of hydrogen-bond acceptors (Lipinski definition) is 6. The molecule has 8 heteroatoms. The van der Waals surface area contributed by atoms with E-state index in [2.05, 4.69) is 26.3 Å². The quantitative estimate of drug-likeness (QED) is 0.474. The Kier molecular flexibility index (Phi) is 5.48. The second-order valence-electron chi connectivity index (χ2n) is 7.86. The minimum Gasteiger partial charge on any atom is -0.339 e. The van der Waals surface area contributed by atoms with Gasteiger partial charge in [-0.05, 0) is 54.8 Å². The molecule has 7 nitrogen and oxygen atoms in total. The number of amides is 1. The van der Waals surface area contributed by atoms with Gasteiger partial charge in [0, 0.05) is 54.2 Å². The monoisotopic (exact) mass is 440 g/mol. The number of aromatic nitrogens is 4. The Morgan fingerprint density at radius 1 is 1.16 bits per heavy atom. The summed E-state index contributed by atoms with van der Waals surface area (Å²) in [6.45, 7) is 0.605. The van der Waals surface area contributed by atoms with Gasteiger partial charge in [0.25, 0.3) is 5.91 Å². The fourth-order valence-corrected chi connectivity index (χ4v) is 4.74. The maximum atomic E-state index is 12.8. The number of anilines is 1. The summed E-state index contributed by atoms with van der Waals surface area (Å²) in [7, 11) is 0. The summed E-state index contributed by atoms with van der Waals surface area (Å²) in [6.07, 6.45) is 8.98. The van der Waals surface area contributed by atoms with Crippen molar-refractivity contribution in [2.45, 2.75) is 31.2 Å². The van der Waals surface area contributed by atoms with Gasteiger partial charge in [0.05, 0.1) is 11.3 Å². The first-order valence-corrected chi connectivity index (χ1v) is 11.2. The Labute approximate surface area is 189 Å². The fraction of sp³-hybridized carbons (Fsp3) is 0.208. The number of nitriles is 1. The van der Waals surface area contributed by atoms with Crippen molar-refractivity contribution >= 4 is 22.4 Å². The maximum Gasteiger partial charge on any atom is 0.274 e. The second kappa shape index (κ2) is 8.73. The van der Waals surface area contributed by atoms with Crippen LogP contribution in [0, 0.1) is 11.3 Å². The molecule has 0 aliphatic heterocycles. The second-order valence-corrected chi connectivity index (χ2v) is 8.72. The molecule has 4 aromatic rings. The number of hydrogen-bond donors (Lipinski definition) is 1. The molecule has 0 bridgehead atoms. The average molecular weight is 441 g/mol. The van der Waals surface area contributed by atoms with Crippen LogP contribution in [0.1, 0.15) is 57.7 Å². The molecule has 0 aromatic carbocycles. The summed E-state index contributed by atoms with van der Waals surface area (Å²) in [5.41, 5.74) is 4.30. The first kappa shape index (κ1) is 20.1. The number of nitrogens with one attached hydrogen (secondary N) is 1. The number of thiazole rings is 1. The summed E-state index contributed by atoms with van der Waals surface area (Å²) in [5, 5.41) is 14.5. The zero-order valence-corrected chi connectivity index (χ0v) is 18.0. The maximum absolute atomic E-state index is 12.8. The lowest BCUT2D eigenvalue weighted by atomic mass is 9.72. The summed E-state index contributed by atoms with van der Waals surface area (Å²) < 4.78 is 1.92. The van der Waals surface area contributed by atoms with Crippen molar-refractivity contribution in [2.75, 3.05) is 5.32 Å². The molecule has 1 amide bonds. The van der Waals surface area contributed by atoms with Gasteiger partial charge in [-0.3, -0.25) is 20.1 Å². The lowest BCUT2D eigenvalue weighted by molar-refractivity contribution is 0.101. The third-order valence-corrected chi connectivity index (χ3v) is 6.57. The Bertz CT molecular complexity index is 1270. The Morgan fingerprint density at radius 3 is 2.72 bits per heavy atom. The van der Waals surface area contributed by atoms with Crippen LogP contribution in [0.25, 0.3) is 0 Å². The van der Waals surface area contributed by atoms with Crippen LogP contribution in [0.4, 0.5) is 5.13 Å². The van der Waals surface area contributed by atoms with E-state index in [1.807, 2.05) is 52.5 Å². The van der Waals surface area contributed by atoms with Crippen molar-refractivity contribution < 1.29 is 4.79 Å². The molecule has 0 atom stereocenters. The highest BCUT2D eigenvalue weighted by atomic mass is 32.1. The van der Waals surface area contributed by atoms with Crippen LogP contribution < -0.4 is 5.32 Å². The Balaban J connectivity index is 1.20. The summed E-state index contributed by atoms with van der Waals surface area (Å²) >= 11 is 1.45. The molecule has 158 valence electrons. The molecule has 0 radical (unpaired) electrons. The molecule has 0 spiro atoms. The summed E-state index contributed by atoms with van der Waals surface area (Å²) in [4.78, 5) is 25.9. The topological polar surface area (TPSA) is 96.5 Å². The normalized spacial score (nSPS) is 17.3. The van der Waals surface area contributed by atoms with Crippen LogP contribution in [0.3, 0.4) is 0 Å². The standard InChI is InChI=1S/C24H20N6OS/c25-12-17-3-4-20(27-13-17)18-10-19(11-18)21-15-32-24(28-21)29-23(31)22-2-1-9-30(22)14-16-5-7-26-8-6-16/h1-9,13,15,18-19H,10-11,14H2,(H,28,29,31). The van der Waals surface area contributed by atoms with Gasteiger partial charge in [0.1, 0.15) is 11.8 Å². The molecule has 4 heterocycles. The van der Waals surface area contributed by atoms with Gasteiger partial charge in [0.15, 0.2) is 5.13 Å². The van der Waals surface area contributed by atoms with E-state index in [1.54, 1.807) is 18.6 Å². The smallest absolute Gasteiger partial charge is 0.274 e. The van der Waals surface area contributed by atoms with Crippen LogP contribution in [0.15, 0.2) is 66.6 Å². The summed E-state index contributed by atoms with van der Waals surface area (Å²) in [6, 6.07) is 13.4. The highest BCUT2D eigenvalue weighted by molar-refractivity contribution is 7.14. The average Bonchev–Trinajstić information content (AvgIpc) is 3.44. The number of carbonyl (C=O) groups excluding carboxylic acids is 1. The first-order chi connectivity index (χ1) is 15.7. The molecular weight excluding hydrogens is 420 g/mol. The molecule has 5 rings (SSSR count). The zero-order chi connectivity index (χ0) is 21.9. The Morgan fingerprint density at radius 2 is 1.97 bits per heavy atom. The van der Waals surface area contributed by atoms with E-state index in [0.717, 1.165) is 29.8 Å². The van der Waals surface area contributed by atoms with Crippen LogP contribution >= 0.6 is 11.3 Å². The largest absolute Gasteiger partial charge is 0.339 e. The third-order valence-electron chi connectivity index (χ3n) is 5.80. The van der Waals surface area contributed by atoms with Gasteiger partial charge in [-0.25, -0.2) is 4.98 Å². The molecular formula is C24H20N6OS. The van der Waals surface area contributed by atoms with Crippen molar-refractivity contribution in [3.05, 3.63) is 94.8 Å². The van der Waals surface area contributed by atoms with E-state index in [9.17, 15) is 4.79 Å². The van der Waals surface area contributed by atoms with Gasteiger partial charge in [-0.15, -0.1) is 11.3 Å². The van der Waals surface area contributed by atoms with Gasteiger partial charge >= 0.3 is 0 Å². The minimum atomic E-state index is -0.168. The van der Waals surface area contributed by atoms with E-state index < -0.39 is 0 Å². The van der Waals surface area contributed by atoms with Crippen molar-refractivity contribution in [1.82, 2.24) is 19.5 Å². The predicted octanol–water partition coefficient (Wildman–Crippen LogP) is 4.57. The number of pyridine rings is 2. The van der Waals surface area contributed by atoms with E-state index >= 15 is 0 Å². The highest BCUT2D eigenvalue weighted by Crippen LogP contribution is 2.47. The molecule has 1 N–H and O–H groups in total. The van der Waals surface area contributed by atoms with Crippen LogP contribution in [0.2, 0.25) is 0 Å². The Hall–Kier alpha value is -3.83. The van der Waals surface area contributed by atoms with E-state index in [-0.39, 0.29) is 5.91 Å². The molecule has 0 unspecified atom stereocenters. The SMILES string of the molecule is N#Cc1ccc(C2CC(c3csc(NC(=O)c4cccn4Cc4ccncc4)n3)C2)nc1. The number of carbonyl (C=O) groups is 1. The number of nitrogens with zero attached hydrogens (tertiary/aromatic N) is 5. The molecule has 1 fully saturated rings. The molecule has 1 aliphatic rings. The van der Waals surface area contributed by atoms with Crippen molar-refractivity contribution in [3.8, 4) is 6.07 Å². The molecule has 1 aliphatic carbocycles. The van der Waals surface area contributed by atoms with Crippen LogP contribution in [-0.2, 0) is 6.54 Å². The van der Waals surface area contributed by atoms with Gasteiger partial charge in [-0.1, -0.05) is 0 Å². The minimum absolute atomic E-state index is 0.168. The lowest BCUT2D eigenvalue weighted by Crippen LogP contribution is -2.21. The van der Waals surface area contributed by atoms with Crippen LogP contribution in [0.5, 0.6) is 0 Å². The van der Waals surface area contributed by atoms with E-state index in [4.69, 9.17) is 5.26 Å². The molecule has 0 saturated heterocycles. The van der Waals surface area contributed by atoms with Gasteiger partial charge in [-0.2, -0.15) is 5.26 Å². The van der Waals surface area contributed by atoms with Crippen LogP contribution in [-0.4, -0.2) is 25.4 Å². The van der Waals surface area contributed by atoms with E-state index in [0.29, 0.717) is 34.8 Å². The third kappa shape index (κ3) is 4.15. The lowest BCUT2D eigenvalue weighted by Gasteiger charge is -2.33. The van der Waals surface area contributed by atoms with Gasteiger partial charge < -0.3 is 4.57 Å². The molecule has 32 heavy (non-hydrogen) atoms. The van der Waals surface area contributed by atoms with Crippen molar-refractivity contribution in [3.63, 3.8) is 0 Å². The number of rotatable bonds is 6. The molecule has 4 aromatic heterocycles.